The summed E-state index contributed by atoms with van der Waals surface area (Å²) >= 11 is 5.89. The highest BCUT2D eigenvalue weighted by molar-refractivity contribution is 6.53. The van der Waals surface area contributed by atoms with Gasteiger partial charge in [0.25, 0.3) is 0 Å². The summed E-state index contributed by atoms with van der Waals surface area (Å²) in [5.41, 5.74) is 1.26. The molecule has 2 rings (SSSR count). The third kappa shape index (κ3) is 7.26. The summed E-state index contributed by atoms with van der Waals surface area (Å²) < 4.78 is 5.70. The number of ether oxygens (including phenoxy) is 1. The van der Waals surface area contributed by atoms with E-state index in [1.807, 2.05) is 18.2 Å². The number of hydrogen-bond donors (Lipinski definition) is 0. The van der Waals surface area contributed by atoms with Crippen LogP contribution in [-0.2, 0) is 11.3 Å². The summed E-state index contributed by atoms with van der Waals surface area (Å²) in [5.74, 6) is 0. The normalized spacial score (nSPS) is 10.8. The van der Waals surface area contributed by atoms with Gasteiger partial charge in [-0.2, -0.15) is 0 Å². The Kier molecular flexibility index (Phi) is 8.32. The van der Waals surface area contributed by atoms with Crippen LogP contribution in [0.2, 0.25) is 11.1 Å². The van der Waals surface area contributed by atoms with Crippen LogP contribution in [0.15, 0.2) is 54.6 Å². The molecular formula is C19H23ClOSi. The quantitative estimate of drug-likeness (QED) is 0.446. The molecule has 1 nitrogen and oxygen atoms in total. The SMILES string of the molecule is Clc1ccc([Si]CCCCCCOCc2ccccc2)cc1. The van der Waals surface area contributed by atoms with Gasteiger partial charge in [-0.15, -0.1) is 0 Å². The average Bonchev–Trinajstić information content (AvgIpc) is 2.56. The molecule has 0 amide bonds. The minimum atomic E-state index is 0.735. The van der Waals surface area contributed by atoms with Crippen molar-refractivity contribution in [3.05, 3.63) is 65.2 Å². The van der Waals surface area contributed by atoms with Crippen LogP contribution in [0.3, 0.4) is 0 Å². The van der Waals surface area contributed by atoms with Crippen LogP contribution < -0.4 is 5.19 Å². The maximum atomic E-state index is 5.89. The molecule has 116 valence electrons. The molecule has 0 aliphatic carbocycles. The van der Waals surface area contributed by atoms with E-state index in [1.54, 1.807) is 0 Å². The van der Waals surface area contributed by atoms with Gasteiger partial charge in [-0.3, -0.25) is 0 Å². The molecule has 0 fully saturated rings. The van der Waals surface area contributed by atoms with Crippen LogP contribution in [0, 0.1) is 0 Å². The summed E-state index contributed by atoms with van der Waals surface area (Å²) in [7, 11) is 0.904. The van der Waals surface area contributed by atoms with Gasteiger partial charge in [0.05, 0.1) is 16.1 Å². The fourth-order valence-corrected chi connectivity index (χ4v) is 3.49. The van der Waals surface area contributed by atoms with Gasteiger partial charge in [0.15, 0.2) is 0 Å². The van der Waals surface area contributed by atoms with E-state index in [1.165, 1.54) is 36.1 Å². The second-order valence-corrected chi connectivity index (χ2v) is 7.25. The second kappa shape index (κ2) is 10.6. The van der Waals surface area contributed by atoms with E-state index < -0.39 is 0 Å². The van der Waals surface area contributed by atoms with Crippen molar-refractivity contribution in [2.75, 3.05) is 6.61 Å². The second-order valence-electron chi connectivity index (χ2n) is 5.39. The Morgan fingerprint density at radius 1 is 0.818 bits per heavy atom. The van der Waals surface area contributed by atoms with Crippen molar-refractivity contribution in [2.24, 2.45) is 0 Å². The Morgan fingerprint density at radius 3 is 2.32 bits per heavy atom. The first kappa shape index (κ1) is 17.3. The highest BCUT2D eigenvalue weighted by Gasteiger charge is 1.97. The molecule has 0 N–H and O–H groups in total. The molecule has 0 aliphatic rings. The minimum absolute atomic E-state index is 0.735. The molecule has 0 unspecified atom stereocenters. The highest BCUT2D eigenvalue weighted by atomic mass is 35.5. The lowest BCUT2D eigenvalue weighted by molar-refractivity contribution is 0.117. The molecule has 0 saturated heterocycles. The third-order valence-electron chi connectivity index (χ3n) is 3.50. The van der Waals surface area contributed by atoms with Gasteiger partial charge in [0, 0.05) is 11.6 Å². The lowest BCUT2D eigenvalue weighted by Crippen LogP contribution is -2.12. The van der Waals surface area contributed by atoms with Crippen molar-refractivity contribution >= 4 is 26.3 Å². The number of benzene rings is 2. The van der Waals surface area contributed by atoms with Gasteiger partial charge in [-0.05, 0) is 24.1 Å². The van der Waals surface area contributed by atoms with E-state index in [0.717, 1.165) is 34.2 Å². The zero-order valence-electron chi connectivity index (χ0n) is 12.9. The van der Waals surface area contributed by atoms with Gasteiger partial charge in [0.2, 0.25) is 0 Å². The zero-order valence-corrected chi connectivity index (χ0v) is 14.7. The topological polar surface area (TPSA) is 9.23 Å². The predicted molar refractivity (Wildman–Crippen MR) is 96.2 cm³/mol. The van der Waals surface area contributed by atoms with Gasteiger partial charge in [-0.25, -0.2) is 0 Å². The Morgan fingerprint density at radius 2 is 1.55 bits per heavy atom. The minimum Gasteiger partial charge on any atom is -0.377 e. The van der Waals surface area contributed by atoms with Crippen LogP contribution >= 0.6 is 11.6 Å². The molecule has 22 heavy (non-hydrogen) atoms. The lowest BCUT2D eigenvalue weighted by atomic mass is 10.2. The van der Waals surface area contributed by atoms with Crippen LogP contribution in [0.1, 0.15) is 31.2 Å². The maximum Gasteiger partial charge on any atom is 0.0807 e. The van der Waals surface area contributed by atoms with Gasteiger partial charge >= 0.3 is 0 Å². The van der Waals surface area contributed by atoms with Gasteiger partial charge in [-0.1, -0.05) is 84.6 Å². The molecule has 0 saturated carbocycles. The van der Waals surface area contributed by atoms with E-state index in [2.05, 4.69) is 36.4 Å². The predicted octanol–water partition coefficient (Wildman–Crippen LogP) is 4.87. The molecule has 0 aromatic heterocycles. The molecule has 2 radical (unpaired) electrons. The Hall–Kier alpha value is -1.09. The number of halogens is 1. The number of unbranched alkanes of at least 4 members (excludes halogenated alkanes) is 3. The Balaban J connectivity index is 1.42. The molecule has 0 atom stereocenters. The van der Waals surface area contributed by atoms with Crippen LogP contribution in [0.4, 0.5) is 0 Å². The van der Waals surface area contributed by atoms with Crippen molar-refractivity contribution < 1.29 is 4.74 Å². The molecule has 0 heterocycles. The van der Waals surface area contributed by atoms with Crippen LogP contribution in [0.25, 0.3) is 0 Å². The van der Waals surface area contributed by atoms with Gasteiger partial charge < -0.3 is 4.74 Å². The van der Waals surface area contributed by atoms with E-state index in [9.17, 15) is 0 Å². The van der Waals surface area contributed by atoms with Crippen molar-refractivity contribution in [3.63, 3.8) is 0 Å². The highest BCUT2D eigenvalue weighted by Crippen LogP contribution is 2.07. The monoisotopic (exact) mass is 330 g/mol. The fourth-order valence-electron chi connectivity index (χ4n) is 2.25. The van der Waals surface area contributed by atoms with Crippen molar-refractivity contribution in [1.29, 1.82) is 0 Å². The number of hydrogen-bond acceptors (Lipinski definition) is 1. The third-order valence-corrected chi connectivity index (χ3v) is 5.10. The van der Waals surface area contributed by atoms with Crippen molar-refractivity contribution in [1.82, 2.24) is 0 Å². The first-order chi connectivity index (χ1) is 10.8. The zero-order chi connectivity index (χ0) is 15.5. The first-order valence-electron chi connectivity index (χ1n) is 7.96. The molecule has 2 aromatic carbocycles. The molecular weight excluding hydrogens is 308 g/mol. The summed E-state index contributed by atoms with van der Waals surface area (Å²) in [6.07, 6.45) is 5.03. The van der Waals surface area contributed by atoms with Crippen molar-refractivity contribution in [2.45, 2.75) is 38.3 Å². The summed E-state index contributed by atoms with van der Waals surface area (Å²) in [6.45, 7) is 1.60. The smallest absolute Gasteiger partial charge is 0.0807 e. The van der Waals surface area contributed by atoms with Gasteiger partial charge in [0.1, 0.15) is 0 Å². The Bertz CT molecular complexity index is 513. The lowest BCUT2D eigenvalue weighted by Gasteiger charge is -2.04. The summed E-state index contributed by atoms with van der Waals surface area (Å²) in [5, 5.41) is 2.24. The standard InChI is InChI=1S/C19H23ClOSi/c20-18-10-12-19(13-11-18)22-15-7-2-1-6-14-21-16-17-8-4-3-5-9-17/h3-5,8-13H,1-2,6-7,14-16H2. The molecule has 0 aliphatic heterocycles. The largest absolute Gasteiger partial charge is 0.377 e. The van der Waals surface area contributed by atoms with Crippen LogP contribution in [-0.4, -0.2) is 16.1 Å². The average molecular weight is 331 g/mol. The fraction of sp³-hybridized carbons (Fsp3) is 0.368. The van der Waals surface area contributed by atoms with E-state index >= 15 is 0 Å². The van der Waals surface area contributed by atoms with Crippen molar-refractivity contribution in [3.8, 4) is 0 Å². The van der Waals surface area contributed by atoms with E-state index in [0.29, 0.717) is 0 Å². The molecule has 3 heteroatoms. The molecule has 0 spiro atoms. The summed E-state index contributed by atoms with van der Waals surface area (Å²) in [4.78, 5) is 0. The van der Waals surface area contributed by atoms with E-state index in [-0.39, 0.29) is 0 Å². The summed E-state index contributed by atoms with van der Waals surface area (Å²) in [6, 6.07) is 19.9. The van der Waals surface area contributed by atoms with E-state index in [4.69, 9.17) is 16.3 Å². The molecule has 0 bridgehead atoms. The number of rotatable bonds is 10. The molecule has 2 aromatic rings. The Labute approximate surface area is 141 Å². The first-order valence-corrected chi connectivity index (χ1v) is 9.54. The van der Waals surface area contributed by atoms with Crippen LogP contribution in [0.5, 0.6) is 0 Å². The maximum absolute atomic E-state index is 5.89.